The minimum atomic E-state index is -2.78. The molecule has 1 fully saturated rings. The molecule has 0 aliphatic carbocycles. The molecule has 4 nitrogen and oxygen atoms in total. The summed E-state index contributed by atoms with van der Waals surface area (Å²) in [5.74, 6) is -0.525. The Kier molecular flexibility index (Phi) is 7.67. The molecule has 1 saturated heterocycles. The number of nitrogens with zero attached hydrogens (tertiary/aromatic N) is 2. The number of pyridine rings is 1. The number of rotatable bonds is 6. The Balaban J connectivity index is 1.80. The van der Waals surface area contributed by atoms with Crippen LogP contribution >= 0.6 is 11.6 Å². The summed E-state index contributed by atoms with van der Waals surface area (Å²) in [6.07, 6.45) is 1.20. The van der Waals surface area contributed by atoms with Crippen molar-refractivity contribution in [3.8, 4) is 0 Å². The summed E-state index contributed by atoms with van der Waals surface area (Å²) >= 11 is 6.56. The fourth-order valence-corrected chi connectivity index (χ4v) is 10.0. The second kappa shape index (κ2) is 10.4. The zero-order valence-electron chi connectivity index (χ0n) is 21.1. The number of halogens is 2. The maximum Gasteiger partial charge on any atom is 0.261 e. The van der Waals surface area contributed by atoms with E-state index in [1.807, 2.05) is 26.0 Å². The number of hydrogen-bond acceptors (Lipinski definition) is 4. The summed E-state index contributed by atoms with van der Waals surface area (Å²) in [5, 5.41) is 2.27. The van der Waals surface area contributed by atoms with Gasteiger partial charge < -0.3 is 14.1 Å². The lowest BCUT2D eigenvalue weighted by molar-refractivity contribution is -0.00534. The molecule has 2 aromatic carbocycles. The van der Waals surface area contributed by atoms with E-state index in [1.54, 1.807) is 0 Å². The number of morpholine rings is 1. The van der Waals surface area contributed by atoms with E-state index >= 15 is 0 Å². The molecule has 1 aromatic heterocycles. The van der Waals surface area contributed by atoms with Crippen LogP contribution in [0.1, 0.15) is 40.3 Å². The first kappa shape index (κ1) is 25.8. The maximum atomic E-state index is 14.6. The van der Waals surface area contributed by atoms with Gasteiger partial charge in [-0.15, -0.1) is 0 Å². The van der Waals surface area contributed by atoms with Gasteiger partial charge in [0.05, 0.1) is 36.4 Å². The number of ether oxygens (including phenoxy) is 1. The highest BCUT2D eigenvalue weighted by molar-refractivity contribution is 6.99. The Morgan fingerprint density at radius 1 is 1.00 bits per heavy atom. The second-order valence-corrected chi connectivity index (χ2v) is 15.0. The summed E-state index contributed by atoms with van der Waals surface area (Å²) in [7, 11) is -2.78. The van der Waals surface area contributed by atoms with E-state index < -0.39 is 14.1 Å². The van der Waals surface area contributed by atoms with Gasteiger partial charge >= 0.3 is 0 Å². The van der Waals surface area contributed by atoms with Gasteiger partial charge in [-0.2, -0.15) is 0 Å². The molecule has 0 bridgehead atoms. The van der Waals surface area contributed by atoms with Crippen molar-refractivity contribution in [3.63, 3.8) is 0 Å². The number of aromatic nitrogens is 1. The molecule has 3 aromatic rings. The molecule has 2 atom stereocenters. The highest BCUT2D eigenvalue weighted by atomic mass is 35.5. The molecule has 7 heteroatoms. The van der Waals surface area contributed by atoms with E-state index in [2.05, 4.69) is 79.2 Å². The van der Waals surface area contributed by atoms with Gasteiger partial charge in [-0.05, 0) is 29.3 Å². The summed E-state index contributed by atoms with van der Waals surface area (Å²) < 4.78 is 27.6. The molecule has 0 N–H and O–H groups in total. The van der Waals surface area contributed by atoms with Crippen molar-refractivity contribution in [2.75, 3.05) is 18.0 Å². The van der Waals surface area contributed by atoms with Gasteiger partial charge in [-0.25, -0.2) is 4.39 Å². The zero-order chi connectivity index (χ0) is 25.2. The zero-order valence-corrected chi connectivity index (χ0v) is 22.8. The van der Waals surface area contributed by atoms with Crippen LogP contribution in [0.3, 0.4) is 0 Å². The van der Waals surface area contributed by atoms with Crippen LogP contribution in [0.15, 0.2) is 66.9 Å². The minimum Gasteiger partial charge on any atom is -0.401 e. The molecule has 0 amide bonds. The van der Waals surface area contributed by atoms with Crippen molar-refractivity contribution in [3.05, 3.63) is 83.4 Å². The second-order valence-electron chi connectivity index (χ2n) is 10.3. The van der Waals surface area contributed by atoms with Gasteiger partial charge in [0.15, 0.2) is 5.82 Å². The van der Waals surface area contributed by atoms with Crippen molar-refractivity contribution >= 4 is 36.0 Å². The molecule has 186 valence electrons. The van der Waals surface area contributed by atoms with Gasteiger partial charge in [-0.1, -0.05) is 93.0 Å². The van der Waals surface area contributed by atoms with Crippen molar-refractivity contribution in [2.24, 2.45) is 0 Å². The van der Waals surface area contributed by atoms with E-state index in [4.69, 9.17) is 20.8 Å². The number of anilines is 1. The Morgan fingerprint density at radius 2 is 1.51 bits per heavy atom. The smallest absolute Gasteiger partial charge is 0.261 e. The molecule has 0 spiro atoms. The molecular weight excluding hydrogens is 479 g/mol. The lowest BCUT2D eigenvalue weighted by atomic mass is 10.2. The Morgan fingerprint density at radius 3 is 2.00 bits per heavy atom. The highest BCUT2D eigenvalue weighted by Gasteiger charge is 2.50. The Labute approximate surface area is 214 Å². The molecule has 4 rings (SSSR count). The SMILES string of the molecule is C[C@@H]1CN(c2c(CO[Si](c3ccccc3)(c3ccccc3)C(C)(C)C)ncc(F)c2Cl)C[C@@H](C)O1. The number of hydrogen-bond donors (Lipinski definition) is 0. The van der Waals surface area contributed by atoms with Gasteiger partial charge in [0.1, 0.15) is 5.02 Å². The predicted octanol–water partition coefficient (Wildman–Crippen LogP) is 5.56. The molecule has 0 unspecified atom stereocenters. The fourth-order valence-electron chi connectivity index (χ4n) is 5.22. The summed E-state index contributed by atoms with van der Waals surface area (Å²) in [6.45, 7) is 12.2. The largest absolute Gasteiger partial charge is 0.401 e. The molecule has 35 heavy (non-hydrogen) atoms. The molecular formula is C28H34ClFN2O2Si. The topological polar surface area (TPSA) is 34.6 Å². The van der Waals surface area contributed by atoms with Crippen LogP contribution in [-0.2, 0) is 15.8 Å². The quantitative estimate of drug-likeness (QED) is 0.405. The van der Waals surface area contributed by atoms with Crippen LogP contribution in [0.25, 0.3) is 0 Å². The van der Waals surface area contributed by atoms with Gasteiger partial charge in [0, 0.05) is 13.1 Å². The van der Waals surface area contributed by atoms with Crippen LogP contribution in [0, 0.1) is 5.82 Å². The van der Waals surface area contributed by atoms with E-state index in [1.165, 1.54) is 16.6 Å². The first-order valence-corrected chi connectivity index (χ1v) is 14.4. The standard InChI is InChI=1S/C28H34ClFN2O2Si/c1-20-17-32(18-21(2)34-20)27-25(31-16-24(30)26(27)29)19-33-35(28(3,4)5,22-12-8-6-9-13-22)23-14-10-7-11-15-23/h6-16,20-21H,17-19H2,1-5H3/t20-,21-/m1/s1. The molecule has 0 radical (unpaired) electrons. The van der Waals surface area contributed by atoms with E-state index in [-0.39, 0.29) is 28.9 Å². The van der Waals surface area contributed by atoms with Gasteiger partial charge in [0.2, 0.25) is 0 Å². The van der Waals surface area contributed by atoms with Crippen LogP contribution in [-0.4, -0.2) is 38.6 Å². The monoisotopic (exact) mass is 512 g/mol. The van der Waals surface area contributed by atoms with Crippen LogP contribution in [0.2, 0.25) is 10.1 Å². The maximum absolute atomic E-state index is 14.6. The van der Waals surface area contributed by atoms with Gasteiger partial charge in [0.25, 0.3) is 8.32 Å². The molecule has 1 aliphatic rings. The minimum absolute atomic E-state index is 0.00327. The average Bonchev–Trinajstić information content (AvgIpc) is 2.81. The first-order chi connectivity index (χ1) is 16.6. The first-order valence-electron chi connectivity index (χ1n) is 12.1. The predicted molar refractivity (Wildman–Crippen MR) is 144 cm³/mol. The Hall–Kier alpha value is -2.25. The van der Waals surface area contributed by atoms with Crippen LogP contribution < -0.4 is 15.3 Å². The molecule has 2 heterocycles. The average molecular weight is 513 g/mol. The summed E-state index contributed by atoms with van der Waals surface area (Å²) in [5.41, 5.74) is 1.25. The third-order valence-corrected chi connectivity index (χ3v) is 11.9. The highest BCUT2D eigenvalue weighted by Crippen LogP contribution is 2.39. The number of benzene rings is 2. The van der Waals surface area contributed by atoms with Crippen LogP contribution in [0.5, 0.6) is 0 Å². The third kappa shape index (κ3) is 5.17. The van der Waals surface area contributed by atoms with Crippen molar-refractivity contribution in [1.82, 2.24) is 4.98 Å². The van der Waals surface area contributed by atoms with Crippen molar-refractivity contribution in [1.29, 1.82) is 0 Å². The van der Waals surface area contributed by atoms with Crippen molar-refractivity contribution in [2.45, 2.75) is 58.5 Å². The third-order valence-electron chi connectivity index (χ3n) is 6.60. The van der Waals surface area contributed by atoms with Crippen LogP contribution in [0.4, 0.5) is 10.1 Å². The lowest BCUT2D eigenvalue weighted by Gasteiger charge is -2.43. The Bertz CT molecular complexity index is 1090. The lowest BCUT2D eigenvalue weighted by Crippen LogP contribution is -2.66. The fraction of sp³-hybridized carbons (Fsp3) is 0.393. The summed E-state index contributed by atoms with van der Waals surface area (Å²) in [6, 6.07) is 20.9. The summed E-state index contributed by atoms with van der Waals surface area (Å²) in [4.78, 5) is 6.58. The van der Waals surface area contributed by atoms with Gasteiger partial charge in [-0.3, -0.25) is 4.98 Å². The normalized spacial score (nSPS) is 19.1. The van der Waals surface area contributed by atoms with E-state index in [0.717, 1.165) is 0 Å². The van der Waals surface area contributed by atoms with Crippen molar-refractivity contribution < 1.29 is 13.6 Å². The molecule has 0 saturated carbocycles. The van der Waals surface area contributed by atoms with E-state index in [0.29, 0.717) is 24.5 Å². The van der Waals surface area contributed by atoms with E-state index in [9.17, 15) is 4.39 Å². The molecule has 1 aliphatic heterocycles.